The van der Waals surface area contributed by atoms with Crippen molar-refractivity contribution < 1.29 is 9.13 Å². The van der Waals surface area contributed by atoms with Gasteiger partial charge in [0.2, 0.25) is 11.8 Å². The van der Waals surface area contributed by atoms with Crippen LogP contribution in [0.2, 0.25) is 0 Å². The Hall–Kier alpha value is -1.97. The SMILES string of the molecule is Cc1ccc(C(C)C)c(Oc2cc(F)ncn2)c1. The molecule has 0 atom stereocenters. The molecule has 0 aliphatic carbocycles. The minimum absolute atomic E-state index is 0.218. The molecule has 0 unspecified atom stereocenters. The molecule has 0 spiro atoms. The third kappa shape index (κ3) is 2.83. The van der Waals surface area contributed by atoms with Crippen LogP contribution in [0.4, 0.5) is 4.39 Å². The van der Waals surface area contributed by atoms with Gasteiger partial charge in [-0.25, -0.2) is 9.97 Å². The lowest BCUT2D eigenvalue weighted by Crippen LogP contribution is -1.97. The van der Waals surface area contributed by atoms with Crippen molar-refractivity contribution in [2.75, 3.05) is 0 Å². The monoisotopic (exact) mass is 246 g/mol. The molecule has 18 heavy (non-hydrogen) atoms. The van der Waals surface area contributed by atoms with Crippen molar-refractivity contribution in [1.29, 1.82) is 0 Å². The van der Waals surface area contributed by atoms with E-state index >= 15 is 0 Å². The maximum Gasteiger partial charge on any atom is 0.225 e. The zero-order chi connectivity index (χ0) is 13.1. The van der Waals surface area contributed by atoms with Crippen LogP contribution in [0.1, 0.15) is 30.9 Å². The molecular weight excluding hydrogens is 231 g/mol. The van der Waals surface area contributed by atoms with Crippen molar-refractivity contribution in [3.63, 3.8) is 0 Å². The Balaban J connectivity index is 2.36. The minimum atomic E-state index is -0.598. The van der Waals surface area contributed by atoms with Gasteiger partial charge in [-0.15, -0.1) is 0 Å². The van der Waals surface area contributed by atoms with Crippen molar-refractivity contribution in [1.82, 2.24) is 9.97 Å². The third-order valence-corrected chi connectivity index (χ3v) is 2.61. The first-order valence-electron chi connectivity index (χ1n) is 5.82. The summed E-state index contributed by atoms with van der Waals surface area (Å²) >= 11 is 0. The Morgan fingerprint density at radius 3 is 2.61 bits per heavy atom. The number of ether oxygens (including phenoxy) is 1. The van der Waals surface area contributed by atoms with E-state index in [4.69, 9.17) is 4.74 Å². The number of nitrogens with zero attached hydrogens (tertiary/aromatic N) is 2. The molecule has 1 heterocycles. The largest absolute Gasteiger partial charge is 0.439 e. The molecule has 3 nitrogen and oxygen atoms in total. The highest BCUT2D eigenvalue weighted by Gasteiger charge is 2.10. The average Bonchev–Trinajstić information content (AvgIpc) is 2.28. The van der Waals surface area contributed by atoms with Gasteiger partial charge in [0.25, 0.3) is 0 Å². The number of rotatable bonds is 3. The van der Waals surface area contributed by atoms with Gasteiger partial charge in [0, 0.05) is 0 Å². The van der Waals surface area contributed by atoms with Crippen molar-refractivity contribution in [2.45, 2.75) is 26.7 Å². The highest BCUT2D eigenvalue weighted by atomic mass is 19.1. The van der Waals surface area contributed by atoms with E-state index in [2.05, 4.69) is 23.8 Å². The standard InChI is InChI=1S/C14H15FN2O/c1-9(2)11-5-4-10(3)6-12(11)18-14-7-13(15)16-8-17-14/h4-9H,1-3H3. The molecule has 0 aliphatic heterocycles. The molecule has 2 rings (SSSR count). The fourth-order valence-electron chi connectivity index (χ4n) is 1.69. The highest BCUT2D eigenvalue weighted by molar-refractivity contribution is 5.40. The molecule has 2 aromatic rings. The molecule has 94 valence electrons. The zero-order valence-corrected chi connectivity index (χ0v) is 10.6. The Morgan fingerprint density at radius 2 is 1.94 bits per heavy atom. The topological polar surface area (TPSA) is 35.0 Å². The predicted octanol–water partition coefficient (Wildman–Crippen LogP) is 3.84. The van der Waals surface area contributed by atoms with E-state index in [0.29, 0.717) is 11.7 Å². The van der Waals surface area contributed by atoms with Crippen LogP contribution in [-0.2, 0) is 0 Å². The van der Waals surface area contributed by atoms with Gasteiger partial charge in [-0.1, -0.05) is 26.0 Å². The predicted molar refractivity (Wildman–Crippen MR) is 67.3 cm³/mol. The van der Waals surface area contributed by atoms with Crippen LogP contribution in [-0.4, -0.2) is 9.97 Å². The van der Waals surface area contributed by atoms with Crippen LogP contribution < -0.4 is 4.74 Å². The molecule has 0 aliphatic rings. The first-order chi connectivity index (χ1) is 8.56. The number of halogens is 1. The van der Waals surface area contributed by atoms with Crippen LogP contribution in [0.25, 0.3) is 0 Å². The Morgan fingerprint density at radius 1 is 1.17 bits per heavy atom. The quantitative estimate of drug-likeness (QED) is 0.772. The molecule has 1 aromatic carbocycles. The fourth-order valence-corrected chi connectivity index (χ4v) is 1.69. The second-order valence-corrected chi connectivity index (χ2v) is 4.48. The average molecular weight is 246 g/mol. The molecule has 4 heteroatoms. The smallest absolute Gasteiger partial charge is 0.225 e. The summed E-state index contributed by atoms with van der Waals surface area (Å²) in [4.78, 5) is 7.29. The van der Waals surface area contributed by atoms with Gasteiger partial charge < -0.3 is 4.74 Å². The van der Waals surface area contributed by atoms with E-state index in [9.17, 15) is 4.39 Å². The van der Waals surface area contributed by atoms with Crippen LogP contribution in [0.3, 0.4) is 0 Å². The fraction of sp³-hybridized carbons (Fsp3) is 0.286. The van der Waals surface area contributed by atoms with Crippen molar-refractivity contribution in [2.24, 2.45) is 0 Å². The first kappa shape index (κ1) is 12.5. The minimum Gasteiger partial charge on any atom is -0.439 e. The normalized spacial score (nSPS) is 10.7. The lowest BCUT2D eigenvalue weighted by molar-refractivity contribution is 0.443. The van der Waals surface area contributed by atoms with Gasteiger partial charge in [0.15, 0.2) is 0 Å². The lowest BCUT2D eigenvalue weighted by Gasteiger charge is -2.13. The summed E-state index contributed by atoms with van der Waals surface area (Å²) in [5.74, 6) is 0.657. The number of aryl methyl sites for hydroxylation is 1. The molecule has 0 N–H and O–H groups in total. The number of hydrogen-bond acceptors (Lipinski definition) is 3. The highest BCUT2D eigenvalue weighted by Crippen LogP contribution is 2.30. The first-order valence-corrected chi connectivity index (χ1v) is 5.82. The van der Waals surface area contributed by atoms with E-state index in [0.717, 1.165) is 17.5 Å². The lowest BCUT2D eigenvalue weighted by atomic mass is 10.0. The van der Waals surface area contributed by atoms with E-state index in [1.807, 2.05) is 25.1 Å². The van der Waals surface area contributed by atoms with E-state index in [1.165, 1.54) is 6.07 Å². The summed E-state index contributed by atoms with van der Waals surface area (Å²) in [6.07, 6.45) is 1.15. The summed E-state index contributed by atoms with van der Waals surface area (Å²) in [7, 11) is 0. The second kappa shape index (κ2) is 5.12. The molecule has 0 saturated carbocycles. The Labute approximate surface area is 106 Å². The molecule has 0 fully saturated rings. The van der Waals surface area contributed by atoms with E-state index < -0.39 is 5.95 Å². The van der Waals surface area contributed by atoms with Gasteiger partial charge in [0.05, 0.1) is 6.07 Å². The third-order valence-electron chi connectivity index (χ3n) is 2.61. The second-order valence-electron chi connectivity index (χ2n) is 4.48. The van der Waals surface area contributed by atoms with Gasteiger partial charge in [0.1, 0.15) is 12.1 Å². The summed E-state index contributed by atoms with van der Waals surface area (Å²) in [5, 5.41) is 0. The van der Waals surface area contributed by atoms with Crippen molar-refractivity contribution >= 4 is 0 Å². The van der Waals surface area contributed by atoms with Crippen LogP contribution in [0.15, 0.2) is 30.6 Å². The van der Waals surface area contributed by atoms with Gasteiger partial charge in [-0.2, -0.15) is 4.39 Å². The summed E-state index contributed by atoms with van der Waals surface area (Å²) in [5.41, 5.74) is 2.16. The summed E-state index contributed by atoms with van der Waals surface area (Å²) in [6, 6.07) is 7.15. The van der Waals surface area contributed by atoms with E-state index in [1.54, 1.807) is 0 Å². The van der Waals surface area contributed by atoms with Crippen LogP contribution in [0.5, 0.6) is 11.6 Å². The van der Waals surface area contributed by atoms with Crippen LogP contribution >= 0.6 is 0 Å². The van der Waals surface area contributed by atoms with Gasteiger partial charge in [-0.05, 0) is 30.0 Å². The van der Waals surface area contributed by atoms with Crippen LogP contribution in [0, 0.1) is 12.9 Å². The van der Waals surface area contributed by atoms with E-state index in [-0.39, 0.29) is 5.88 Å². The van der Waals surface area contributed by atoms with Gasteiger partial charge in [-0.3, -0.25) is 0 Å². The number of benzene rings is 1. The molecular formula is C14H15FN2O. The molecule has 0 radical (unpaired) electrons. The Bertz CT molecular complexity index is 555. The van der Waals surface area contributed by atoms with Crippen molar-refractivity contribution in [3.8, 4) is 11.6 Å². The molecule has 0 bridgehead atoms. The number of aromatic nitrogens is 2. The number of hydrogen-bond donors (Lipinski definition) is 0. The molecule has 0 amide bonds. The maximum atomic E-state index is 13.0. The maximum absolute atomic E-state index is 13.0. The summed E-state index contributed by atoms with van der Waals surface area (Å²) < 4.78 is 18.6. The molecule has 1 aromatic heterocycles. The van der Waals surface area contributed by atoms with Crippen molar-refractivity contribution in [3.05, 3.63) is 47.7 Å². The van der Waals surface area contributed by atoms with Gasteiger partial charge >= 0.3 is 0 Å². The Kier molecular flexibility index (Phi) is 3.55. The summed E-state index contributed by atoms with van der Waals surface area (Å²) in [6.45, 7) is 6.15. The zero-order valence-electron chi connectivity index (χ0n) is 10.6. The molecule has 0 saturated heterocycles.